The minimum atomic E-state index is -1.46. The van der Waals surface area contributed by atoms with E-state index >= 15 is 0 Å². The van der Waals surface area contributed by atoms with Gasteiger partial charge in [-0.1, -0.05) is 117 Å². The van der Waals surface area contributed by atoms with Crippen molar-refractivity contribution < 1.29 is 43.5 Å². The lowest BCUT2D eigenvalue weighted by Gasteiger charge is -2.14. The number of aromatic nitrogens is 4. The Balaban J connectivity index is 0.000000239. The normalized spacial score (nSPS) is 10.3. The largest absolute Gasteiger partial charge is 0.397 e. The minimum Gasteiger partial charge on any atom is -0.397 e. The van der Waals surface area contributed by atoms with Crippen molar-refractivity contribution >= 4 is 59.9 Å². The fourth-order valence-corrected chi connectivity index (χ4v) is 11.0. The molecule has 0 radical (unpaired) electrons. The Morgan fingerprint density at radius 2 is 0.870 bits per heavy atom. The minimum absolute atomic E-state index is 0.0440. The molecule has 0 atom stereocenters. The van der Waals surface area contributed by atoms with Crippen molar-refractivity contribution in [3.63, 3.8) is 0 Å². The van der Waals surface area contributed by atoms with E-state index in [4.69, 9.17) is 17.9 Å². The molecule has 0 saturated heterocycles. The van der Waals surface area contributed by atoms with Gasteiger partial charge in [0, 0.05) is 91.4 Å². The fourth-order valence-electron chi connectivity index (χ4n) is 10.1. The number of benzene rings is 8. The number of carbonyl (C=O) groups excluding carboxylic acids is 2. The summed E-state index contributed by atoms with van der Waals surface area (Å²) in [6.45, 7) is 17.5. The molecule has 4 heterocycles. The average Bonchev–Trinajstić information content (AvgIpc) is 0.803. The van der Waals surface area contributed by atoms with E-state index in [-0.39, 0.29) is 80.5 Å². The zero-order valence-electron chi connectivity index (χ0n) is 61.5. The number of para-hydroxylation sites is 6. The third-order valence-electron chi connectivity index (χ3n) is 15.1. The number of aliphatic hydroxyl groups excluding tert-OH is 1. The number of aromatic amines is 1. The molecule has 0 aliphatic rings. The summed E-state index contributed by atoms with van der Waals surface area (Å²) in [6, 6.07) is 57.3. The maximum atomic E-state index is 13.2. The number of pyridine rings is 4. The van der Waals surface area contributed by atoms with E-state index < -0.39 is 19.1 Å². The number of nitrogen functional groups attached to an aromatic ring is 1. The molecule has 8 aromatic carbocycles. The van der Waals surface area contributed by atoms with Gasteiger partial charge in [-0.3, -0.25) is 57.9 Å². The molecule has 0 aliphatic carbocycles. The van der Waals surface area contributed by atoms with Gasteiger partial charge in [-0.25, -0.2) is 27.0 Å². The van der Waals surface area contributed by atoms with Crippen molar-refractivity contribution in [2.45, 2.75) is 74.5 Å². The first-order valence-electron chi connectivity index (χ1n) is 33.7. The molecule has 26 heteroatoms. The Morgan fingerprint density at radius 1 is 0.546 bits per heavy atom. The SMILES string of the molecule is CCO.C[Si](C)(C)N=C=O.Cc1cc(=O)[nH]cc1-c1ccc(F)cc1.Cc1cc(=O)n(-c2ccccc2CC(N)=O)cc1-c1ccc(F)cc1.Cc1cc(=O)n(-c2ccccc2N)cc1-c1ccc(F)cc1.Cc1cc(=O)n(-c2ccccc2[N+](=O)[O-])cc1-c1ccc(F)cc1.O=[N+]([O-])c1ccccc1I.[2H]CC. The highest BCUT2D eigenvalue weighted by Gasteiger charge is 2.19. The summed E-state index contributed by atoms with van der Waals surface area (Å²) in [4.78, 5) is 92.1. The zero-order chi connectivity index (χ0) is 80.7. The molecule has 558 valence electrons. The first kappa shape index (κ1) is 84.6. The van der Waals surface area contributed by atoms with Crippen LogP contribution < -0.4 is 33.7 Å². The van der Waals surface area contributed by atoms with Crippen LogP contribution in [0.4, 0.5) is 34.6 Å². The van der Waals surface area contributed by atoms with Crippen molar-refractivity contribution in [2.75, 3.05) is 12.3 Å². The monoisotopic (exact) mass is 1600 g/mol. The van der Waals surface area contributed by atoms with Gasteiger partial charge >= 0.3 is 0 Å². The number of isocyanates is 1. The topological polar surface area (TPSA) is 304 Å². The summed E-state index contributed by atoms with van der Waals surface area (Å²) in [5, 5.41) is 29.0. The van der Waals surface area contributed by atoms with Crippen LogP contribution in [0, 0.1) is 74.8 Å². The second-order valence-corrected chi connectivity index (χ2v) is 29.9. The van der Waals surface area contributed by atoms with Crippen LogP contribution in [-0.4, -0.2) is 60.5 Å². The van der Waals surface area contributed by atoms with Gasteiger partial charge in [0.15, 0.2) is 8.24 Å². The Hall–Kier alpha value is -12.4. The van der Waals surface area contributed by atoms with Crippen molar-refractivity contribution in [1.29, 1.82) is 0 Å². The molecule has 20 nitrogen and oxygen atoms in total. The number of nitrogens with zero attached hydrogens (tertiary/aromatic N) is 6. The zero-order valence-corrected chi connectivity index (χ0v) is 63.6. The highest BCUT2D eigenvalue weighted by atomic mass is 127. The van der Waals surface area contributed by atoms with Gasteiger partial charge in [0.05, 0.1) is 36.9 Å². The maximum Gasteiger partial charge on any atom is 0.293 e. The second-order valence-electron chi connectivity index (χ2n) is 24.1. The van der Waals surface area contributed by atoms with E-state index in [1.165, 1.54) is 98.6 Å². The van der Waals surface area contributed by atoms with Crippen LogP contribution in [0.3, 0.4) is 0 Å². The molecule has 0 bridgehead atoms. The van der Waals surface area contributed by atoms with Crippen LogP contribution in [0.25, 0.3) is 61.6 Å². The van der Waals surface area contributed by atoms with E-state index in [9.17, 15) is 66.6 Å². The molecule has 1 amide bonds. The highest BCUT2D eigenvalue weighted by Crippen LogP contribution is 2.30. The maximum absolute atomic E-state index is 13.2. The van der Waals surface area contributed by atoms with E-state index in [1.807, 2.05) is 75.1 Å². The summed E-state index contributed by atoms with van der Waals surface area (Å²) in [5.74, 6) is -1.70. The van der Waals surface area contributed by atoms with Crippen LogP contribution in [-0.2, 0) is 16.0 Å². The van der Waals surface area contributed by atoms with Crippen molar-refractivity contribution in [3.8, 4) is 61.6 Å². The number of halogens is 5. The summed E-state index contributed by atoms with van der Waals surface area (Å²) in [7, 11) is -1.46. The van der Waals surface area contributed by atoms with Crippen LogP contribution in [0.2, 0.25) is 19.6 Å². The Bertz CT molecular complexity index is 5380. The average molecular weight is 1600 g/mol. The second kappa shape index (κ2) is 42.0. The number of amides is 1. The Morgan fingerprint density at radius 3 is 1.21 bits per heavy atom. The molecule has 108 heavy (non-hydrogen) atoms. The number of hydrogen-bond acceptors (Lipinski definition) is 13. The number of H-pyrrole nitrogens is 1. The number of nitrogens with one attached hydrogen (secondary N) is 1. The number of hydrogen-bond donors (Lipinski definition) is 4. The van der Waals surface area contributed by atoms with E-state index in [0.29, 0.717) is 44.2 Å². The molecule has 0 spiro atoms. The molecule has 0 unspecified atom stereocenters. The van der Waals surface area contributed by atoms with Gasteiger partial charge in [-0.15, -0.1) is 0 Å². The lowest BCUT2D eigenvalue weighted by atomic mass is 10.0. The first-order chi connectivity index (χ1) is 51.7. The molecular weight excluding hydrogens is 1520 g/mol. The van der Waals surface area contributed by atoms with Crippen molar-refractivity contribution in [1.82, 2.24) is 18.7 Å². The van der Waals surface area contributed by atoms with Gasteiger partial charge in [0.2, 0.25) is 17.5 Å². The fraction of sp³-hybridized carbons (Fsp3) is 0.146. The molecule has 6 N–H and O–H groups in total. The third-order valence-corrected chi connectivity index (χ3v) is 16.8. The lowest BCUT2D eigenvalue weighted by Crippen LogP contribution is -2.21. The van der Waals surface area contributed by atoms with Crippen LogP contribution in [0.1, 0.15) is 49.9 Å². The smallest absolute Gasteiger partial charge is 0.293 e. The number of aryl methyl sites for hydroxylation is 4. The predicted octanol–water partition coefficient (Wildman–Crippen LogP) is 17.2. The Labute approximate surface area is 636 Å². The van der Waals surface area contributed by atoms with Crippen molar-refractivity contribution in [2.24, 2.45) is 10.4 Å². The van der Waals surface area contributed by atoms with Crippen LogP contribution in [0.15, 0.2) is 267 Å². The van der Waals surface area contributed by atoms with Gasteiger partial charge in [-0.2, -0.15) is 0 Å². The number of carbonyl (C=O) groups is 1. The molecule has 0 fully saturated rings. The summed E-state index contributed by atoms with van der Waals surface area (Å²) >= 11 is 1.93. The van der Waals surface area contributed by atoms with Gasteiger partial charge in [0.1, 0.15) is 29.0 Å². The van der Waals surface area contributed by atoms with Crippen molar-refractivity contribution in [3.05, 3.63) is 359 Å². The number of rotatable bonds is 12. The number of primary amides is 1. The number of nitro groups is 2. The standard InChI is InChI=1S/C20H17FN2O2.C18H13FN2O3.C18H15FN2O.C12H10FNO.C6H4INO2.C4H9NOSi.C2H6O.C2H6/c1-13-10-20(25)23(12-17(13)14-6-8-16(21)9-7-14)18-5-3-2-4-15(18)11-19(22)24;1-12-10-18(22)20(16-4-2-3-5-17(16)21(23)24)11-15(12)13-6-8-14(19)9-7-13;1-12-10-18(22)21(17-5-3-2-4-16(17)20)11-15(12)13-6-8-14(19)9-7-13;1-8-6-12(15)14-7-11(8)9-2-4-10(13)5-3-9;7-5-3-1-2-4-6(5)8(9)10;1-7(2,3)5-4-6;1-2-3;1-2/h2-10,12H,11H2,1H3,(H2,22,24);2-11H,1H3;2-11H,20H2,1H3;2-7H,1H3,(H,14,15);1-4H;1-3H3;3H,2H2,1H3;1-2H3/i;;;;;;;1D. The lowest BCUT2D eigenvalue weighted by molar-refractivity contribution is -0.385. The summed E-state index contributed by atoms with van der Waals surface area (Å²) in [5.41, 5.74) is 22.8. The van der Waals surface area contributed by atoms with E-state index in [0.717, 1.165) is 55.6 Å². The molecule has 12 aromatic rings. The van der Waals surface area contributed by atoms with Gasteiger partial charge < -0.3 is 21.6 Å². The quantitative estimate of drug-likeness (QED) is 0.0130. The van der Waals surface area contributed by atoms with E-state index in [2.05, 4.69) is 9.64 Å². The molecular formula is C82H80F4IN9O11Si. The molecule has 0 aliphatic heterocycles. The first-order valence-corrected chi connectivity index (χ1v) is 37.5. The number of anilines is 1. The molecule has 4 aromatic heterocycles. The molecule has 0 saturated carbocycles. The van der Waals surface area contributed by atoms with E-state index in [1.54, 1.807) is 173 Å². The van der Waals surface area contributed by atoms with Gasteiger partial charge in [-0.05, 0) is 206 Å². The number of nitro benzene ring substituents is 2. The van der Waals surface area contributed by atoms with Crippen LogP contribution >= 0.6 is 22.6 Å². The Kier molecular flexibility index (Phi) is 32.9. The number of nitrogens with two attached hydrogens (primary N) is 2. The van der Waals surface area contributed by atoms with Gasteiger partial charge in [0.25, 0.3) is 28.1 Å². The third kappa shape index (κ3) is 25.8. The highest BCUT2D eigenvalue weighted by molar-refractivity contribution is 14.1. The summed E-state index contributed by atoms with van der Waals surface area (Å²) < 4.78 is 66.8. The predicted molar refractivity (Wildman–Crippen MR) is 429 cm³/mol. The van der Waals surface area contributed by atoms with Crippen LogP contribution in [0.5, 0.6) is 0 Å². The number of aliphatic hydroxyl groups is 1. The summed E-state index contributed by atoms with van der Waals surface area (Å²) in [6.07, 6.45) is 8.24. The molecule has 12 rings (SSSR count).